The van der Waals surface area contributed by atoms with Gasteiger partial charge < -0.3 is 14.8 Å². The summed E-state index contributed by atoms with van der Waals surface area (Å²) in [7, 11) is 3.14. The number of hydrogen-bond donors (Lipinski definition) is 1. The van der Waals surface area contributed by atoms with Crippen LogP contribution in [-0.4, -0.2) is 43.4 Å². The van der Waals surface area contributed by atoms with Crippen LogP contribution in [0.5, 0.6) is 11.5 Å². The predicted octanol–water partition coefficient (Wildman–Crippen LogP) is 3.55. The number of imide groups is 1. The molecule has 4 rings (SSSR count). The van der Waals surface area contributed by atoms with Gasteiger partial charge >= 0.3 is 0 Å². The Morgan fingerprint density at radius 1 is 0.906 bits per heavy atom. The zero-order valence-corrected chi connectivity index (χ0v) is 18.0. The minimum Gasteiger partial charge on any atom is -0.497 e. The monoisotopic (exact) mass is 432 g/mol. The Kier molecular flexibility index (Phi) is 6.07. The van der Waals surface area contributed by atoms with Gasteiger partial charge in [-0.15, -0.1) is 0 Å². The van der Waals surface area contributed by atoms with Crippen LogP contribution in [0.25, 0.3) is 10.8 Å². The first-order valence-electron chi connectivity index (χ1n) is 10.4. The van der Waals surface area contributed by atoms with E-state index in [0.29, 0.717) is 41.0 Å². The fourth-order valence-electron chi connectivity index (χ4n) is 3.94. The SMILES string of the molecule is COc1cc(CNC(=O)CCCN2C(=O)c3cccc4cccc(c34)C2=O)cc(OC)c1. The highest BCUT2D eigenvalue weighted by atomic mass is 16.5. The van der Waals surface area contributed by atoms with Crippen LogP contribution >= 0.6 is 0 Å². The number of ether oxygens (including phenoxy) is 2. The van der Waals surface area contributed by atoms with Gasteiger partial charge in [0, 0.05) is 42.1 Å². The lowest BCUT2D eigenvalue weighted by molar-refractivity contribution is -0.121. The molecule has 7 nitrogen and oxygen atoms in total. The molecule has 0 unspecified atom stereocenters. The van der Waals surface area contributed by atoms with Gasteiger partial charge in [0.2, 0.25) is 5.91 Å². The second kappa shape index (κ2) is 9.09. The molecule has 0 aliphatic carbocycles. The second-order valence-electron chi connectivity index (χ2n) is 7.57. The van der Waals surface area contributed by atoms with Crippen LogP contribution < -0.4 is 14.8 Å². The van der Waals surface area contributed by atoms with E-state index in [1.54, 1.807) is 32.4 Å². The summed E-state index contributed by atoms with van der Waals surface area (Å²) in [4.78, 5) is 39.4. The third-order valence-electron chi connectivity index (χ3n) is 5.54. The van der Waals surface area contributed by atoms with Crippen LogP contribution in [0.4, 0.5) is 0 Å². The molecule has 0 fully saturated rings. The van der Waals surface area contributed by atoms with Crippen molar-refractivity contribution in [3.05, 3.63) is 71.3 Å². The van der Waals surface area contributed by atoms with Crippen LogP contribution in [0.2, 0.25) is 0 Å². The van der Waals surface area contributed by atoms with Crippen molar-refractivity contribution in [2.45, 2.75) is 19.4 Å². The third kappa shape index (κ3) is 4.14. The van der Waals surface area contributed by atoms with Crippen molar-refractivity contribution in [2.24, 2.45) is 0 Å². The van der Waals surface area contributed by atoms with Gasteiger partial charge in [-0.2, -0.15) is 0 Å². The minimum atomic E-state index is -0.316. The molecule has 0 aromatic heterocycles. The predicted molar refractivity (Wildman–Crippen MR) is 120 cm³/mol. The Bertz CT molecular complexity index is 1130. The summed E-state index contributed by atoms with van der Waals surface area (Å²) in [5.74, 6) is 0.495. The molecule has 164 valence electrons. The van der Waals surface area contributed by atoms with Gasteiger partial charge in [0.05, 0.1) is 14.2 Å². The molecular weight excluding hydrogens is 408 g/mol. The van der Waals surface area contributed by atoms with E-state index in [1.807, 2.05) is 36.4 Å². The summed E-state index contributed by atoms with van der Waals surface area (Å²) in [5.41, 5.74) is 1.89. The molecule has 3 aromatic rings. The second-order valence-corrected chi connectivity index (χ2v) is 7.57. The van der Waals surface area contributed by atoms with Crippen LogP contribution in [0.3, 0.4) is 0 Å². The summed E-state index contributed by atoms with van der Waals surface area (Å²) < 4.78 is 10.5. The molecule has 0 saturated heterocycles. The van der Waals surface area contributed by atoms with Gasteiger partial charge in [0.15, 0.2) is 0 Å². The molecule has 1 aliphatic heterocycles. The molecule has 32 heavy (non-hydrogen) atoms. The molecule has 1 N–H and O–H groups in total. The number of amides is 3. The van der Waals surface area contributed by atoms with Gasteiger partial charge in [-0.3, -0.25) is 19.3 Å². The van der Waals surface area contributed by atoms with Crippen LogP contribution in [0.15, 0.2) is 54.6 Å². The molecule has 0 bridgehead atoms. The molecule has 1 heterocycles. The van der Waals surface area contributed by atoms with E-state index >= 15 is 0 Å². The van der Waals surface area contributed by atoms with Crippen LogP contribution in [-0.2, 0) is 11.3 Å². The number of benzene rings is 3. The number of methoxy groups -OCH3 is 2. The van der Waals surface area contributed by atoms with Crippen LogP contribution in [0, 0.1) is 0 Å². The molecule has 0 spiro atoms. The summed E-state index contributed by atoms with van der Waals surface area (Å²) in [6.07, 6.45) is 0.576. The highest BCUT2D eigenvalue weighted by Crippen LogP contribution is 2.30. The van der Waals surface area contributed by atoms with Crippen molar-refractivity contribution in [3.8, 4) is 11.5 Å². The fraction of sp³-hybridized carbons (Fsp3) is 0.240. The average molecular weight is 432 g/mol. The lowest BCUT2D eigenvalue weighted by Crippen LogP contribution is -2.41. The zero-order valence-electron chi connectivity index (χ0n) is 18.0. The van der Waals surface area contributed by atoms with Crippen molar-refractivity contribution in [2.75, 3.05) is 20.8 Å². The number of carbonyl (C=O) groups is 3. The highest BCUT2D eigenvalue weighted by molar-refractivity contribution is 6.25. The van der Waals surface area contributed by atoms with E-state index in [-0.39, 0.29) is 30.7 Å². The lowest BCUT2D eigenvalue weighted by Gasteiger charge is -2.27. The Balaban J connectivity index is 1.35. The smallest absolute Gasteiger partial charge is 0.261 e. The topological polar surface area (TPSA) is 84.9 Å². The number of hydrogen-bond acceptors (Lipinski definition) is 5. The number of nitrogens with zero attached hydrogens (tertiary/aromatic N) is 1. The van der Waals surface area contributed by atoms with E-state index in [0.717, 1.165) is 10.9 Å². The summed E-state index contributed by atoms with van der Waals surface area (Å²) in [6, 6.07) is 16.3. The maximum Gasteiger partial charge on any atom is 0.261 e. The van der Waals surface area contributed by atoms with E-state index in [1.165, 1.54) is 4.90 Å². The molecule has 1 aliphatic rings. The van der Waals surface area contributed by atoms with Gasteiger partial charge in [0.1, 0.15) is 11.5 Å². The Morgan fingerprint density at radius 3 is 2.06 bits per heavy atom. The molecule has 3 amide bonds. The largest absolute Gasteiger partial charge is 0.497 e. The Labute approximate surface area is 185 Å². The quantitative estimate of drug-likeness (QED) is 0.551. The van der Waals surface area contributed by atoms with Crippen molar-refractivity contribution < 1.29 is 23.9 Å². The number of carbonyl (C=O) groups excluding carboxylic acids is 3. The van der Waals surface area contributed by atoms with Crippen LogP contribution in [0.1, 0.15) is 39.1 Å². The summed E-state index contributed by atoms with van der Waals surface area (Å²) in [6.45, 7) is 0.506. The maximum absolute atomic E-state index is 12.9. The molecule has 7 heteroatoms. The number of nitrogens with one attached hydrogen (secondary N) is 1. The van der Waals surface area contributed by atoms with E-state index in [9.17, 15) is 14.4 Å². The highest BCUT2D eigenvalue weighted by Gasteiger charge is 2.32. The third-order valence-corrected chi connectivity index (χ3v) is 5.54. The van der Waals surface area contributed by atoms with E-state index < -0.39 is 0 Å². The van der Waals surface area contributed by atoms with E-state index in [4.69, 9.17) is 9.47 Å². The first-order valence-corrected chi connectivity index (χ1v) is 10.4. The summed E-state index contributed by atoms with van der Waals surface area (Å²) in [5, 5.41) is 4.43. The van der Waals surface area contributed by atoms with Crippen molar-refractivity contribution >= 4 is 28.5 Å². The Morgan fingerprint density at radius 2 is 1.50 bits per heavy atom. The average Bonchev–Trinajstić information content (AvgIpc) is 2.82. The first kappa shape index (κ1) is 21.4. The van der Waals surface area contributed by atoms with Gasteiger partial charge in [0.25, 0.3) is 11.8 Å². The van der Waals surface area contributed by atoms with Crippen molar-refractivity contribution in [3.63, 3.8) is 0 Å². The minimum absolute atomic E-state index is 0.161. The molecule has 3 aromatic carbocycles. The van der Waals surface area contributed by atoms with Crippen molar-refractivity contribution in [1.29, 1.82) is 0 Å². The lowest BCUT2D eigenvalue weighted by atomic mass is 9.94. The summed E-state index contributed by atoms with van der Waals surface area (Å²) >= 11 is 0. The van der Waals surface area contributed by atoms with Gasteiger partial charge in [-0.05, 0) is 41.6 Å². The van der Waals surface area contributed by atoms with E-state index in [2.05, 4.69) is 5.32 Å². The number of rotatable bonds is 8. The maximum atomic E-state index is 12.9. The molecule has 0 atom stereocenters. The normalized spacial score (nSPS) is 12.8. The first-order chi connectivity index (χ1) is 15.5. The van der Waals surface area contributed by atoms with Crippen molar-refractivity contribution in [1.82, 2.24) is 10.2 Å². The van der Waals surface area contributed by atoms with Gasteiger partial charge in [-0.1, -0.05) is 24.3 Å². The molecule has 0 radical (unpaired) electrons. The standard InChI is InChI=1S/C25H24N2O5/c1-31-18-12-16(13-19(14-18)32-2)15-26-22(28)10-5-11-27-24(29)20-8-3-6-17-7-4-9-21(23(17)20)25(27)30/h3-4,6-9,12-14H,5,10-11,15H2,1-2H3,(H,26,28). The fourth-order valence-corrected chi connectivity index (χ4v) is 3.94. The van der Waals surface area contributed by atoms with Gasteiger partial charge in [-0.25, -0.2) is 0 Å². The zero-order chi connectivity index (χ0) is 22.7. The molecular formula is C25H24N2O5. The Hall–Kier alpha value is -3.87. The molecule has 0 saturated carbocycles.